The lowest BCUT2D eigenvalue weighted by atomic mass is 10.1. The standard InChI is InChI=1S/C30H20N4/c1-3-9-21(10-4-1)26-19-32-30(20-31-26)33-16-15-22-17-29-25(18-28(22)33)24-13-7-8-14-27(24)34(29)23-11-5-2-6-12-23/h1-20H. The van der Waals surface area contributed by atoms with Crippen LogP contribution < -0.4 is 0 Å². The molecule has 160 valence electrons. The van der Waals surface area contributed by atoms with E-state index in [1.54, 1.807) is 0 Å². The largest absolute Gasteiger partial charge is 0.309 e. The van der Waals surface area contributed by atoms with Crippen molar-refractivity contribution >= 4 is 32.7 Å². The third-order valence-corrected chi connectivity index (χ3v) is 6.45. The van der Waals surface area contributed by atoms with Gasteiger partial charge >= 0.3 is 0 Å². The second-order valence-corrected chi connectivity index (χ2v) is 8.43. The van der Waals surface area contributed by atoms with E-state index in [-0.39, 0.29) is 0 Å². The van der Waals surface area contributed by atoms with Gasteiger partial charge in [-0.05, 0) is 36.4 Å². The van der Waals surface area contributed by atoms with Crippen molar-refractivity contribution in [1.82, 2.24) is 19.1 Å². The van der Waals surface area contributed by atoms with Crippen molar-refractivity contribution in [2.75, 3.05) is 0 Å². The molecule has 0 amide bonds. The van der Waals surface area contributed by atoms with E-state index >= 15 is 0 Å². The van der Waals surface area contributed by atoms with E-state index in [1.165, 1.54) is 27.2 Å². The van der Waals surface area contributed by atoms with Gasteiger partial charge < -0.3 is 4.57 Å². The van der Waals surface area contributed by atoms with E-state index in [0.717, 1.165) is 28.3 Å². The van der Waals surface area contributed by atoms with Crippen LogP contribution in [0.2, 0.25) is 0 Å². The van der Waals surface area contributed by atoms with Crippen LogP contribution in [0.1, 0.15) is 0 Å². The highest BCUT2D eigenvalue weighted by atomic mass is 15.1. The number of hydrogen-bond acceptors (Lipinski definition) is 2. The summed E-state index contributed by atoms with van der Waals surface area (Å²) in [5.41, 5.74) is 6.61. The Balaban J connectivity index is 1.43. The SMILES string of the molecule is c1ccc(-c2cnc(-n3ccc4cc5c(cc43)c3ccccc3n5-c3ccccc3)cn2)cc1. The molecule has 4 aromatic carbocycles. The zero-order chi connectivity index (χ0) is 22.5. The van der Waals surface area contributed by atoms with Crippen LogP contribution in [0.5, 0.6) is 0 Å². The lowest BCUT2D eigenvalue weighted by molar-refractivity contribution is 1.02. The molecule has 0 atom stereocenters. The van der Waals surface area contributed by atoms with Gasteiger partial charge in [-0.2, -0.15) is 0 Å². The van der Waals surface area contributed by atoms with E-state index in [4.69, 9.17) is 4.98 Å². The van der Waals surface area contributed by atoms with Crippen LogP contribution in [0.4, 0.5) is 0 Å². The quantitative estimate of drug-likeness (QED) is 0.294. The molecular weight excluding hydrogens is 416 g/mol. The summed E-state index contributed by atoms with van der Waals surface area (Å²) in [6.45, 7) is 0. The smallest absolute Gasteiger partial charge is 0.155 e. The Hall–Kier alpha value is -4.70. The first kappa shape index (κ1) is 18.8. The van der Waals surface area contributed by atoms with Gasteiger partial charge in [-0.25, -0.2) is 4.98 Å². The van der Waals surface area contributed by atoms with Gasteiger partial charge in [0.1, 0.15) is 0 Å². The molecule has 0 aliphatic rings. The summed E-state index contributed by atoms with van der Waals surface area (Å²) in [6.07, 6.45) is 5.76. The van der Waals surface area contributed by atoms with Gasteiger partial charge in [0.15, 0.2) is 5.82 Å². The summed E-state index contributed by atoms with van der Waals surface area (Å²) in [5, 5.41) is 3.63. The average Bonchev–Trinajstić information content (AvgIpc) is 3.47. The first-order valence-corrected chi connectivity index (χ1v) is 11.3. The Morgan fingerprint density at radius 3 is 2.12 bits per heavy atom. The molecule has 0 saturated heterocycles. The van der Waals surface area contributed by atoms with Crippen LogP contribution in [-0.2, 0) is 0 Å². The Morgan fingerprint density at radius 1 is 0.559 bits per heavy atom. The molecule has 7 aromatic rings. The summed E-state index contributed by atoms with van der Waals surface area (Å²) in [5.74, 6) is 0.806. The van der Waals surface area contributed by atoms with Gasteiger partial charge in [-0.15, -0.1) is 0 Å². The van der Waals surface area contributed by atoms with Crippen molar-refractivity contribution in [3.63, 3.8) is 0 Å². The lowest BCUT2D eigenvalue weighted by Crippen LogP contribution is -1.97. The number of benzene rings is 4. The molecule has 0 aliphatic heterocycles. The molecular formula is C30H20N4. The molecule has 3 heterocycles. The van der Waals surface area contributed by atoms with Gasteiger partial charge in [0.05, 0.1) is 34.6 Å². The Bertz CT molecular complexity index is 1780. The number of rotatable bonds is 3. The van der Waals surface area contributed by atoms with Crippen LogP contribution in [0.3, 0.4) is 0 Å². The van der Waals surface area contributed by atoms with Gasteiger partial charge in [-0.3, -0.25) is 9.55 Å². The average molecular weight is 437 g/mol. The third-order valence-electron chi connectivity index (χ3n) is 6.45. The molecule has 0 radical (unpaired) electrons. The van der Waals surface area contributed by atoms with E-state index in [0.29, 0.717) is 0 Å². The normalized spacial score (nSPS) is 11.5. The van der Waals surface area contributed by atoms with Crippen LogP contribution in [-0.4, -0.2) is 19.1 Å². The van der Waals surface area contributed by atoms with Crippen molar-refractivity contribution in [3.05, 3.63) is 122 Å². The maximum absolute atomic E-state index is 4.74. The minimum atomic E-state index is 0.806. The molecule has 0 aliphatic carbocycles. The number of fused-ring (bicyclic) bond motifs is 4. The highest BCUT2D eigenvalue weighted by Gasteiger charge is 2.15. The Morgan fingerprint density at radius 2 is 1.32 bits per heavy atom. The molecule has 0 spiro atoms. The summed E-state index contributed by atoms with van der Waals surface area (Å²) in [7, 11) is 0. The second-order valence-electron chi connectivity index (χ2n) is 8.43. The summed E-state index contributed by atoms with van der Waals surface area (Å²) in [6, 6.07) is 36.0. The number of hydrogen-bond donors (Lipinski definition) is 0. The Labute approximate surface area is 196 Å². The molecule has 0 N–H and O–H groups in total. The molecule has 3 aromatic heterocycles. The fourth-order valence-corrected chi connectivity index (χ4v) is 4.86. The highest BCUT2D eigenvalue weighted by molar-refractivity contribution is 6.13. The molecule has 4 heteroatoms. The van der Waals surface area contributed by atoms with E-state index < -0.39 is 0 Å². The summed E-state index contributed by atoms with van der Waals surface area (Å²) < 4.78 is 4.46. The first-order chi connectivity index (χ1) is 16.9. The minimum absolute atomic E-state index is 0.806. The van der Waals surface area contributed by atoms with Crippen LogP contribution in [0.15, 0.2) is 122 Å². The van der Waals surface area contributed by atoms with Crippen molar-refractivity contribution in [1.29, 1.82) is 0 Å². The fourth-order valence-electron chi connectivity index (χ4n) is 4.86. The van der Waals surface area contributed by atoms with Crippen LogP contribution in [0, 0.1) is 0 Å². The second kappa shape index (κ2) is 7.42. The molecule has 0 unspecified atom stereocenters. The van der Waals surface area contributed by atoms with Crippen LogP contribution >= 0.6 is 0 Å². The van der Waals surface area contributed by atoms with E-state index in [2.05, 4.69) is 93.1 Å². The van der Waals surface area contributed by atoms with E-state index in [1.807, 2.05) is 42.7 Å². The number of aromatic nitrogens is 4. The summed E-state index contributed by atoms with van der Waals surface area (Å²) >= 11 is 0. The molecule has 34 heavy (non-hydrogen) atoms. The maximum Gasteiger partial charge on any atom is 0.155 e. The molecule has 0 fully saturated rings. The van der Waals surface area contributed by atoms with Gasteiger partial charge in [0.25, 0.3) is 0 Å². The predicted molar refractivity (Wildman–Crippen MR) is 139 cm³/mol. The van der Waals surface area contributed by atoms with Crippen molar-refractivity contribution in [2.24, 2.45) is 0 Å². The zero-order valence-electron chi connectivity index (χ0n) is 18.3. The molecule has 4 nitrogen and oxygen atoms in total. The van der Waals surface area contributed by atoms with Crippen molar-refractivity contribution < 1.29 is 0 Å². The van der Waals surface area contributed by atoms with Crippen molar-refractivity contribution in [3.8, 4) is 22.8 Å². The van der Waals surface area contributed by atoms with Crippen LogP contribution in [0.25, 0.3) is 55.5 Å². The molecule has 0 bridgehead atoms. The predicted octanol–water partition coefficient (Wildman–Crippen LogP) is 7.18. The topological polar surface area (TPSA) is 35.6 Å². The van der Waals surface area contributed by atoms with E-state index in [9.17, 15) is 0 Å². The third kappa shape index (κ3) is 2.86. The Kier molecular flexibility index (Phi) is 4.11. The molecule has 7 rings (SSSR count). The lowest BCUT2D eigenvalue weighted by Gasteiger charge is -2.08. The summed E-state index contributed by atoms with van der Waals surface area (Å²) in [4.78, 5) is 9.42. The van der Waals surface area contributed by atoms with Gasteiger partial charge in [0, 0.05) is 33.6 Å². The first-order valence-electron chi connectivity index (χ1n) is 11.3. The van der Waals surface area contributed by atoms with Crippen molar-refractivity contribution in [2.45, 2.75) is 0 Å². The fraction of sp³-hybridized carbons (Fsp3) is 0. The minimum Gasteiger partial charge on any atom is -0.309 e. The highest BCUT2D eigenvalue weighted by Crippen LogP contribution is 2.35. The monoisotopic (exact) mass is 436 g/mol. The number of para-hydroxylation sites is 2. The van der Waals surface area contributed by atoms with Gasteiger partial charge in [0.2, 0.25) is 0 Å². The van der Waals surface area contributed by atoms with Gasteiger partial charge in [-0.1, -0.05) is 66.7 Å². The maximum atomic E-state index is 4.74. The zero-order valence-corrected chi connectivity index (χ0v) is 18.3. The molecule has 0 saturated carbocycles. The number of nitrogens with zero attached hydrogens (tertiary/aromatic N) is 4.